The van der Waals surface area contributed by atoms with Crippen LogP contribution in [0.5, 0.6) is 0 Å². The van der Waals surface area contributed by atoms with E-state index in [9.17, 15) is 4.79 Å². The quantitative estimate of drug-likeness (QED) is 0.738. The van der Waals surface area contributed by atoms with Gasteiger partial charge in [0, 0.05) is 5.69 Å². The van der Waals surface area contributed by atoms with E-state index in [1.165, 1.54) is 4.63 Å². The van der Waals surface area contributed by atoms with Gasteiger partial charge in [0.25, 0.3) is 0 Å². The van der Waals surface area contributed by atoms with E-state index in [1.807, 2.05) is 0 Å². The summed E-state index contributed by atoms with van der Waals surface area (Å²) >= 11 is 0. The molecular weight excluding hydrogens is 260 g/mol. The van der Waals surface area contributed by atoms with E-state index >= 15 is 0 Å². The molecule has 0 amide bonds. The summed E-state index contributed by atoms with van der Waals surface area (Å²) in [6.45, 7) is 1.75. The number of aromatic nitrogens is 5. The number of hydrogen-bond donors (Lipinski definition) is 2. The predicted octanol–water partition coefficient (Wildman–Crippen LogP) is 1.27. The van der Waals surface area contributed by atoms with Gasteiger partial charge < -0.3 is 10.4 Å². The molecule has 0 aliphatic rings. The zero-order valence-corrected chi connectivity index (χ0v) is 10.5. The van der Waals surface area contributed by atoms with E-state index in [0.29, 0.717) is 22.7 Å². The van der Waals surface area contributed by atoms with Gasteiger partial charge in [-0.25, -0.2) is 4.79 Å². The minimum Gasteiger partial charge on any atom is -0.478 e. The smallest absolute Gasteiger partial charge is 0.336 e. The summed E-state index contributed by atoms with van der Waals surface area (Å²) in [5.41, 5.74) is 2.11. The Morgan fingerprint density at radius 2 is 2.15 bits per heavy atom. The molecule has 20 heavy (non-hydrogen) atoms. The van der Waals surface area contributed by atoms with Crippen molar-refractivity contribution >= 4 is 23.1 Å². The molecule has 3 rings (SSSR count). The lowest BCUT2D eigenvalue weighted by Crippen LogP contribution is -2.03. The van der Waals surface area contributed by atoms with Crippen molar-refractivity contribution in [3.63, 3.8) is 0 Å². The fourth-order valence-corrected chi connectivity index (χ4v) is 1.79. The molecular formula is C12H10N6O2. The summed E-state index contributed by atoms with van der Waals surface area (Å²) < 4.78 is 1.29. The Kier molecular flexibility index (Phi) is 2.75. The predicted molar refractivity (Wildman–Crippen MR) is 70.0 cm³/mol. The normalized spacial score (nSPS) is 10.7. The molecule has 0 unspecified atom stereocenters. The summed E-state index contributed by atoms with van der Waals surface area (Å²) in [5, 5.41) is 27.2. The molecule has 0 fully saturated rings. The third-order valence-corrected chi connectivity index (χ3v) is 2.81. The third kappa shape index (κ3) is 2.14. The van der Waals surface area contributed by atoms with Crippen LogP contribution in [0.25, 0.3) is 5.65 Å². The number of rotatable bonds is 3. The molecule has 0 bridgehead atoms. The number of aryl methyl sites for hydroxylation is 1. The Balaban J connectivity index is 1.94. The highest BCUT2D eigenvalue weighted by Crippen LogP contribution is 2.18. The lowest BCUT2D eigenvalue weighted by Gasteiger charge is -2.07. The van der Waals surface area contributed by atoms with Crippen LogP contribution in [-0.2, 0) is 0 Å². The van der Waals surface area contributed by atoms with Gasteiger partial charge in [-0.05, 0) is 47.2 Å². The molecule has 0 spiro atoms. The van der Waals surface area contributed by atoms with Crippen LogP contribution in [0.4, 0.5) is 11.5 Å². The van der Waals surface area contributed by atoms with E-state index in [1.54, 1.807) is 37.3 Å². The standard InChI is InChI=1S/C12H10N6O2/c1-7-2-3-8(6-9(7)12(19)20)13-10-4-5-11-14-16-17-18(11)15-10/h2-6H,1H3,(H,13,15)(H,19,20). The van der Waals surface area contributed by atoms with Crippen molar-refractivity contribution in [3.8, 4) is 0 Å². The first-order chi connectivity index (χ1) is 9.63. The van der Waals surface area contributed by atoms with Gasteiger partial charge in [-0.15, -0.1) is 14.8 Å². The first kappa shape index (κ1) is 12.0. The van der Waals surface area contributed by atoms with Gasteiger partial charge in [0.15, 0.2) is 11.5 Å². The van der Waals surface area contributed by atoms with Crippen LogP contribution in [0, 0.1) is 6.92 Å². The van der Waals surface area contributed by atoms with Crippen LogP contribution in [0.1, 0.15) is 15.9 Å². The number of anilines is 2. The Morgan fingerprint density at radius 3 is 2.95 bits per heavy atom. The second-order valence-corrected chi connectivity index (χ2v) is 4.20. The molecule has 100 valence electrons. The number of tetrazole rings is 1. The first-order valence-electron chi connectivity index (χ1n) is 5.80. The highest BCUT2D eigenvalue weighted by Gasteiger charge is 2.08. The van der Waals surface area contributed by atoms with Gasteiger partial charge in [0.1, 0.15) is 0 Å². The largest absolute Gasteiger partial charge is 0.478 e. The zero-order valence-electron chi connectivity index (χ0n) is 10.5. The van der Waals surface area contributed by atoms with Gasteiger partial charge >= 0.3 is 5.97 Å². The second kappa shape index (κ2) is 4.57. The SMILES string of the molecule is Cc1ccc(Nc2ccc3nnnn3n2)cc1C(=O)O. The molecule has 8 nitrogen and oxygen atoms in total. The first-order valence-corrected chi connectivity index (χ1v) is 5.80. The number of nitrogens with zero attached hydrogens (tertiary/aromatic N) is 5. The van der Waals surface area contributed by atoms with Gasteiger partial charge in [-0.1, -0.05) is 6.07 Å². The Bertz CT molecular complexity index is 797. The van der Waals surface area contributed by atoms with Gasteiger partial charge in [0.2, 0.25) is 0 Å². The molecule has 2 heterocycles. The molecule has 0 aliphatic heterocycles. The maximum Gasteiger partial charge on any atom is 0.336 e. The number of aromatic carboxylic acids is 1. The highest BCUT2D eigenvalue weighted by molar-refractivity contribution is 5.90. The maximum atomic E-state index is 11.1. The van der Waals surface area contributed by atoms with Crippen LogP contribution in [0.3, 0.4) is 0 Å². The van der Waals surface area contributed by atoms with Crippen LogP contribution in [-0.4, -0.2) is 36.3 Å². The minimum absolute atomic E-state index is 0.249. The number of benzene rings is 1. The maximum absolute atomic E-state index is 11.1. The molecule has 0 aliphatic carbocycles. The van der Waals surface area contributed by atoms with E-state index < -0.39 is 5.97 Å². The van der Waals surface area contributed by atoms with Crippen molar-refractivity contribution in [2.24, 2.45) is 0 Å². The number of carboxylic acid groups (broad SMARTS) is 1. The van der Waals surface area contributed by atoms with Crippen molar-refractivity contribution in [1.29, 1.82) is 0 Å². The van der Waals surface area contributed by atoms with Gasteiger partial charge in [0.05, 0.1) is 5.56 Å². The number of hydrogen-bond acceptors (Lipinski definition) is 6. The number of nitrogens with one attached hydrogen (secondary N) is 1. The third-order valence-electron chi connectivity index (χ3n) is 2.81. The number of carboxylic acids is 1. The molecule has 2 aromatic heterocycles. The molecule has 0 saturated carbocycles. The second-order valence-electron chi connectivity index (χ2n) is 4.20. The zero-order chi connectivity index (χ0) is 14.1. The number of carbonyl (C=O) groups is 1. The van der Waals surface area contributed by atoms with E-state index in [-0.39, 0.29) is 5.56 Å². The van der Waals surface area contributed by atoms with Crippen LogP contribution < -0.4 is 5.32 Å². The molecule has 2 N–H and O–H groups in total. The molecule has 3 aromatic rings. The summed E-state index contributed by atoms with van der Waals surface area (Å²) in [4.78, 5) is 11.1. The van der Waals surface area contributed by atoms with E-state index in [0.717, 1.165) is 0 Å². The lowest BCUT2D eigenvalue weighted by atomic mass is 10.1. The fourth-order valence-electron chi connectivity index (χ4n) is 1.79. The summed E-state index contributed by atoms with van der Waals surface area (Å²) in [6.07, 6.45) is 0. The van der Waals surface area contributed by atoms with Crippen molar-refractivity contribution in [2.75, 3.05) is 5.32 Å². The van der Waals surface area contributed by atoms with Crippen LogP contribution in [0.2, 0.25) is 0 Å². The van der Waals surface area contributed by atoms with E-state index in [2.05, 4.69) is 25.9 Å². The topological polar surface area (TPSA) is 105 Å². The summed E-state index contributed by atoms with van der Waals surface area (Å²) in [6, 6.07) is 8.51. The average Bonchev–Trinajstić information content (AvgIpc) is 2.88. The lowest BCUT2D eigenvalue weighted by molar-refractivity contribution is 0.0696. The Hall–Kier alpha value is -3.03. The van der Waals surface area contributed by atoms with Crippen LogP contribution in [0.15, 0.2) is 30.3 Å². The minimum atomic E-state index is -0.963. The van der Waals surface area contributed by atoms with Crippen molar-refractivity contribution in [3.05, 3.63) is 41.5 Å². The van der Waals surface area contributed by atoms with Crippen molar-refractivity contribution < 1.29 is 9.90 Å². The Morgan fingerprint density at radius 1 is 1.30 bits per heavy atom. The van der Waals surface area contributed by atoms with E-state index in [4.69, 9.17) is 5.11 Å². The molecule has 0 saturated heterocycles. The van der Waals surface area contributed by atoms with Crippen molar-refractivity contribution in [1.82, 2.24) is 25.3 Å². The molecule has 1 aromatic carbocycles. The number of fused-ring (bicyclic) bond motifs is 1. The monoisotopic (exact) mass is 270 g/mol. The van der Waals surface area contributed by atoms with Crippen molar-refractivity contribution in [2.45, 2.75) is 6.92 Å². The molecule has 8 heteroatoms. The fraction of sp³-hybridized carbons (Fsp3) is 0.0833. The van der Waals surface area contributed by atoms with Crippen LogP contribution >= 0.6 is 0 Å². The summed E-state index contributed by atoms with van der Waals surface area (Å²) in [5.74, 6) is -0.444. The molecule has 0 radical (unpaired) electrons. The molecule has 0 atom stereocenters. The average molecular weight is 270 g/mol. The summed E-state index contributed by atoms with van der Waals surface area (Å²) in [7, 11) is 0. The van der Waals surface area contributed by atoms with Gasteiger partial charge in [-0.2, -0.15) is 0 Å². The highest BCUT2D eigenvalue weighted by atomic mass is 16.4. The van der Waals surface area contributed by atoms with Gasteiger partial charge in [-0.3, -0.25) is 0 Å². The Labute approximate surface area is 113 Å².